The van der Waals surface area contributed by atoms with Gasteiger partial charge in [0.05, 0.1) is 5.76 Å². The van der Waals surface area contributed by atoms with Crippen molar-refractivity contribution in [3.05, 3.63) is 53.5 Å². The van der Waals surface area contributed by atoms with Crippen LogP contribution < -0.4 is 0 Å². The molecule has 104 valence electrons. The molecule has 0 bridgehead atoms. The fourth-order valence-electron chi connectivity index (χ4n) is 2.28. The molecule has 0 heterocycles. The van der Waals surface area contributed by atoms with Gasteiger partial charge in [0.15, 0.2) is 5.76 Å². The topological polar surface area (TPSA) is 43.4 Å². The smallest absolute Gasteiger partial charge is 0.268 e. The molecule has 0 radical (unpaired) electrons. The molecule has 0 aromatic heterocycles. The van der Waals surface area contributed by atoms with Crippen LogP contribution in [0.4, 0.5) is 0 Å². The molecule has 1 aromatic carbocycles. The minimum Gasteiger partial charge on any atom is -0.458 e. The molecule has 2 rings (SSSR count). The molecule has 3 heteroatoms. The molecule has 0 saturated carbocycles. The maximum absolute atomic E-state index is 12.3. The molecule has 0 amide bonds. The SMILES string of the molecule is C=C(CC)OC1=C(C(C)C)c2ccccc2C(=O)C1=O. The third kappa shape index (κ3) is 2.31. The molecule has 0 unspecified atom stereocenters. The summed E-state index contributed by atoms with van der Waals surface area (Å²) >= 11 is 0. The van der Waals surface area contributed by atoms with E-state index in [1.54, 1.807) is 12.1 Å². The number of hydrogen-bond donors (Lipinski definition) is 0. The van der Waals surface area contributed by atoms with Crippen molar-refractivity contribution in [2.24, 2.45) is 5.92 Å². The maximum Gasteiger partial charge on any atom is 0.268 e. The number of ether oxygens (including phenoxy) is 1. The number of benzene rings is 1. The van der Waals surface area contributed by atoms with Crippen molar-refractivity contribution in [3.8, 4) is 0 Å². The number of ketones is 2. The monoisotopic (exact) mass is 270 g/mol. The Morgan fingerprint density at radius 2 is 1.75 bits per heavy atom. The summed E-state index contributed by atoms with van der Waals surface area (Å²) < 4.78 is 5.57. The minimum atomic E-state index is -0.581. The summed E-state index contributed by atoms with van der Waals surface area (Å²) in [6, 6.07) is 7.16. The molecule has 1 aliphatic rings. The first-order valence-electron chi connectivity index (χ1n) is 6.75. The van der Waals surface area contributed by atoms with E-state index in [1.165, 1.54) is 0 Å². The van der Waals surface area contributed by atoms with Gasteiger partial charge in [-0.1, -0.05) is 51.6 Å². The molecule has 0 aliphatic heterocycles. The summed E-state index contributed by atoms with van der Waals surface area (Å²) in [5, 5.41) is 0. The lowest BCUT2D eigenvalue weighted by Crippen LogP contribution is -2.26. The molecule has 1 aliphatic carbocycles. The van der Waals surface area contributed by atoms with Crippen LogP contribution in [0.3, 0.4) is 0 Å². The summed E-state index contributed by atoms with van der Waals surface area (Å²) in [6.07, 6.45) is 0.595. The van der Waals surface area contributed by atoms with Crippen LogP contribution in [0.1, 0.15) is 43.1 Å². The first-order chi connectivity index (χ1) is 9.47. The molecule has 0 saturated heterocycles. The van der Waals surface area contributed by atoms with Gasteiger partial charge in [0.2, 0.25) is 5.78 Å². The highest BCUT2D eigenvalue weighted by Gasteiger charge is 2.35. The second-order valence-corrected chi connectivity index (χ2v) is 5.10. The predicted octanol–water partition coefficient (Wildman–Crippen LogP) is 3.76. The normalized spacial score (nSPS) is 14.6. The quantitative estimate of drug-likeness (QED) is 0.618. The standard InChI is InChI=1S/C17H18O3/c1-5-11(4)20-17-14(10(2)3)12-8-6-7-9-13(12)15(18)16(17)19/h6-10H,4-5H2,1-3H3. The molecule has 0 N–H and O–H groups in total. The predicted molar refractivity (Wildman–Crippen MR) is 78.1 cm³/mol. The van der Waals surface area contributed by atoms with E-state index in [2.05, 4.69) is 6.58 Å². The molecule has 0 atom stereocenters. The molecule has 1 aromatic rings. The van der Waals surface area contributed by atoms with Crippen molar-refractivity contribution in [1.82, 2.24) is 0 Å². The molecular formula is C17H18O3. The minimum absolute atomic E-state index is 0.0767. The summed E-state index contributed by atoms with van der Waals surface area (Å²) in [4.78, 5) is 24.5. The third-order valence-corrected chi connectivity index (χ3v) is 3.34. The van der Waals surface area contributed by atoms with Crippen LogP contribution in [-0.2, 0) is 9.53 Å². The van der Waals surface area contributed by atoms with Crippen LogP contribution in [0, 0.1) is 5.92 Å². The zero-order valence-electron chi connectivity index (χ0n) is 12.0. The van der Waals surface area contributed by atoms with Gasteiger partial charge in [-0.15, -0.1) is 0 Å². The van der Waals surface area contributed by atoms with Gasteiger partial charge < -0.3 is 4.74 Å². The summed E-state index contributed by atoms with van der Waals surface area (Å²) in [6.45, 7) is 9.61. The van der Waals surface area contributed by atoms with E-state index in [4.69, 9.17) is 4.74 Å². The van der Waals surface area contributed by atoms with Gasteiger partial charge in [-0.3, -0.25) is 9.59 Å². The van der Waals surface area contributed by atoms with Crippen molar-refractivity contribution in [3.63, 3.8) is 0 Å². The van der Waals surface area contributed by atoms with Crippen molar-refractivity contribution in [2.45, 2.75) is 27.2 Å². The van der Waals surface area contributed by atoms with E-state index >= 15 is 0 Å². The fraction of sp³-hybridized carbons (Fsp3) is 0.294. The molecule has 20 heavy (non-hydrogen) atoms. The first kappa shape index (κ1) is 14.3. The van der Waals surface area contributed by atoms with E-state index < -0.39 is 11.6 Å². The number of allylic oxidation sites excluding steroid dienone is 3. The lowest BCUT2D eigenvalue weighted by molar-refractivity contribution is -0.114. The van der Waals surface area contributed by atoms with Crippen LogP contribution in [0.2, 0.25) is 0 Å². The van der Waals surface area contributed by atoms with Gasteiger partial charge in [-0.2, -0.15) is 0 Å². The Labute approximate surface area is 118 Å². The Morgan fingerprint density at radius 3 is 2.30 bits per heavy atom. The van der Waals surface area contributed by atoms with Crippen molar-refractivity contribution >= 4 is 17.1 Å². The summed E-state index contributed by atoms with van der Waals surface area (Å²) in [5.74, 6) is -0.395. The van der Waals surface area contributed by atoms with E-state index in [9.17, 15) is 9.59 Å². The Balaban J connectivity index is 2.66. The number of rotatable bonds is 4. The van der Waals surface area contributed by atoms with Gasteiger partial charge in [-0.05, 0) is 11.5 Å². The Kier molecular flexibility index (Phi) is 3.89. The number of hydrogen-bond acceptors (Lipinski definition) is 3. The van der Waals surface area contributed by atoms with Crippen LogP contribution in [0.5, 0.6) is 0 Å². The summed E-state index contributed by atoms with van der Waals surface area (Å²) in [5.41, 5.74) is 2.02. The number of Topliss-reactive ketones (excluding diaryl/α,β-unsaturated/α-hetero) is 2. The van der Waals surface area contributed by atoms with E-state index in [0.29, 0.717) is 17.7 Å². The van der Waals surface area contributed by atoms with Crippen molar-refractivity contribution in [2.75, 3.05) is 0 Å². The fourth-order valence-corrected chi connectivity index (χ4v) is 2.28. The average molecular weight is 270 g/mol. The highest BCUT2D eigenvalue weighted by atomic mass is 16.5. The summed E-state index contributed by atoms with van der Waals surface area (Å²) in [7, 11) is 0. The van der Waals surface area contributed by atoms with Gasteiger partial charge in [-0.25, -0.2) is 0 Å². The van der Waals surface area contributed by atoms with E-state index in [-0.39, 0.29) is 11.7 Å². The van der Waals surface area contributed by atoms with E-state index in [1.807, 2.05) is 32.9 Å². The Hall–Kier alpha value is -2.16. The number of fused-ring (bicyclic) bond motifs is 1. The second-order valence-electron chi connectivity index (χ2n) is 5.10. The average Bonchev–Trinajstić information content (AvgIpc) is 2.44. The highest BCUT2D eigenvalue weighted by Crippen LogP contribution is 2.35. The highest BCUT2D eigenvalue weighted by molar-refractivity contribution is 6.52. The lowest BCUT2D eigenvalue weighted by atomic mass is 9.83. The van der Waals surface area contributed by atoms with E-state index in [0.717, 1.165) is 11.1 Å². The van der Waals surface area contributed by atoms with Crippen LogP contribution in [-0.4, -0.2) is 11.6 Å². The lowest BCUT2D eigenvalue weighted by Gasteiger charge is -2.24. The Morgan fingerprint density at radius 1 is 1.15 bits per heavy atom. The third-order valence-electron chi connectivity index (χ3n) is 3.34. The number of carbonyl (C=O) groups excluding carboxylic acids is 2. The maximum atomic E-state index is 12.3. The van der Waals surface area contributed by atoms with Gasteiger partial charge >= 0.3 is 0 Å². The zero-order valence-corrected chi connectivity index (χ0v) is 12.0. The van der Waals surface area contributed by atoms with Crippen molar-refractivity contribution < 1.29 is 14.3 Å². The first-order valence-corrected chi connectivity index (χ1v) is 6.75. The largest absolute Gasteiger partial charge is 0.458 e. The molecule has 0 spiro atoms. The molecule has 3 nitrogen and oxygen atoms in total. The molecule has 0 fully saturated rings. The van der Waals surface area contributed by atoms with Crippen LogP contribution in [0.15, 0.2) is 42.4 Å². The van der Waals surface area contributed by atoms with Crippen LogP contribution in [0.25, 0.3) is 5.57 Å². The van der Waals surface area contributed by atoms with Gasteiger partial charge in [0.1, 0.15) is 0 Å². The number of carbonyl (C=O) groups is 2. The zero-order chi connectivity index (χ0) is 14.9. The van der Waals surface area contributed by atoms with Gasteiger partial charge in [0.25, 0.3) is 5.78 Å². The van der Waals surface area contributed by atoms with Crippen molar-refractivity contribution in [1.29, 1.82) is 0 Å². The Bertz CT molecular complexity index is 621. The second kappa shape index (κ2) is 5.45. The van der Waals surface area contributed by atoms with Gasteiger partial charge in [0, 0.05) is 17.6 Å². The molecular weight excluding hydrogens is 252 g/mol. The van der Waals surface area contributed by atoms with Crippen LogP contribution >= 0.6 is 0 Å².